The van der Waals surface area contributed by atoms with Crippen LogP contribution in [0.15, 0.2) is 0 Å². The molecule has 0 saturated carbocycles. The smallest absolute Gasteiger partial charge is 0.329 e. The Bertz CT molecular complexity index is 402. The van der Waals surface area contributed by atoms with Crippen molar-refractivity contribution in [3.63, 3.8) is 0 Å². The molecule has 0 bridgehead atoms. The molecule has 2 atom stereocenters. The normalized spacial score (nSPS) is 30.4. The first-order chi connectivity index (χ1) is 10.0. The van der Waals surface area contributed by atoms with Crippen molar-refractivity contribution in [2.75, 3.05) is 26.7 Å². The average molecular weight is 297 g/mol. The minimum atomic E-state index is -1.01. The predicted molar refractivity (Wildman–Crippen MR) is 80.3 cm³/mol. The van der Waals surface area contributed by atoms with E-state index in [0.29, 0.717) is 32.0 Å². The van der Waals surface area contributed by atoms with Gasteiger partial charge in [-0.3, -0.25) is 0 Å². The molecule has 2 saturated heterocycles. The number of likely N-dealkylation sites (tertiary alicyclic amines) is 2. The van der Waals surface area contributed by atoms with E-state index in [4.69, 9.17) is 0 Å². The molecule has 2 rings (SSSR count). The molecule has 2 aliphatic heterocycles. The minimum Gasteiger partial charge on any atom is -0.479 e. The van der Waals surface area contributed by atoms with Gasteiger partial charge in [-0.2, -0.15) is 0 Å². The van der Waals surface area contributed by atoms with Crippen LogP contribution >= 0.6 is 0 Å². The zero-order valence-electron chi connectivity index (χ0n) is 13.1. The average Bonchev–Trinajstić information content (AvgIpc) is 2.91. The van der Waals surface area contributed by atoms with Crippen LogP contribution in [-0.2, 0) is 4.79 Å². The highest BCUT2D eigenvalue weighted by atomic mass is 16.4. The lowest BCUT2D eigenvalue weighted by Gasteiger charge is -2.36. The van der Waals surface area contributed by atoms with E-state index in [1.54, 1.807) is 0 Å². The molecule has 2 fully saturated rings. The van der Waals surface area contributed by atoms with Crippen LogP contribution in [0.5, 0.6) is 0 Å². The molecule has 6 heteroatoms. The highest BCUT2D eigenvalue weighted by Crippen LogP contribution is 2.32. The van der Waals surface area contributed by atoms with Gasteiger partial charge in [0.15, 0.2) is 0 Å². The lowest BCUT2D eigenvalue weighted by Crippen LogP contribution is -2.57. The van der Waals surface area contributed by atoms with E-state index in [2.05, 4.69) is 17.3 Å². The first-order valence-electron chi connectivity index (χ1n) is 8.00. The number of carbonyl (C=O) groups is 2. The number of nitrogens with zero attached hydrogens (tertiary/aromatic N) is 2. The van der Waals surface area contributed by atoms with Gasteiger partial charge in [-0.15, -0.1) is 0 Å². The van der Waals surface area contributed by atoms with Crippen molar-refractivity contribution in [2.24, 2.45) is 0 Å². The molecule has 6 nitrogen and oxygen atoms in total. The van der Waals surface area contributed by atoms with Gasteiger partial charge in [-0.05, 0) is 45.7 Å². The fraction of sp³-hybridized carbons (Fsp3) is 0.867. The maximum absolute atomic E-state index is 12.4. The molecule has 0 spiro atoms. The number of carboxylic acid groups (broad SMARTS) is 1. The summed E-state index contributed by atoms with van der Waals surface area (Å²) in [6, 6.07) is 0.141. The molecule has 2 unspecified atom stereocenters. The molecular formula is C15H27N3O3. The highest BCUT2D eigenvalue weighted by molar-refractivity contribution is 5.87. The molecule has 0 radical (unpaired) electrons. The molecule has 0 aliphatic carbocycles. The van der Waals surface area contributed by atoms with Gasteiger partial charge in [0.2, 0.25) is 0 Å². The van der Waals surface area contributed by atoms with Crippen LogP contribution in [0.25, 0.3) is 0 Å². The van der Waals surface area contributed by atoms with Gasteiger partial charge < -0.3 is 20.2 Å². The number of nitrogens with one attached hydrogen (secondary N) is 1. The second-order valence-corrected chi connectivity index (χ2v) is 6.26. The fourth-order valence-corrected chi connectivity index (χ4v) is 3.62. The van der Waals surface area contributed by atoms with E-state index >= 15 is 0 Å². The summed E-state index contributed by atoms with van der Waals surface area (Å²) in [5.41, 5.74) is -1.01. The lowest BCUT2D eigenvalue weighted by molar-refractivity contribution is -0.148. The molecule has 0 aromatic heterocycles. The summed E-state index contributed by atoms with van der Waals surface area (Å²) in [6.07, 6.45) is 5.27. The van der Waals surface area contributed by atoms with E-state index in [1.165, 1.54) is 17.7 Å². The Morgan fingerprint density at radius 2 is 2.05 bits per heavy atom. The highest BCUT2D eigenvalue weighted by Gasteiger charge is 2.48. The number of hydrogen-bond acceptors (Lipinski definition) is 3. The van der Waals surface area contributed by atoms with Crippen LogP contribution < -0.4 is 5.32 Å². The second-order valence-electron chi connectivity index (χ2n) is 6.26. The quantitative estimate of drug-likeness (QED) is 0.825. The molecule has 120 valence electrons. The van der Waals surface area contributed by atoms with E-state index < -0.39 is 11.5 Å². The van der Waals surface area contributed by atoms with Crippen molar-refractivity contribution >= 4 is 12.0 Å². The molecule has 2 N–H and O–H groups in total. The zero-order valence-corrected chi connectivity index (χ0v) is 13.1. The molecule has 2 aliphatic rings. The Balaban J connectivity index is 1.94. The van der Waals surface area contributed by atoms with Crippen molar-refractivity contribution in [1.82, 2.24) is 15.1 Å². The maximum atomic E-state index is 12.4. The van der Waals surface area contributed by atoms with Gasteiger partial charge in [0.1, 0.15) is 5.54 Å². The number of piperidine rings is 1. The van der Waals surface area contributed by atoms with E-state index in [9.17, 15) is 14.7 Å². The van der Waals surface area contributed by atoms with Crippen molar-refractivity contribution in [1.29, 1.82) is 0 Å². The Morgan fingerprint density at radius 1 is 1.29 bits per heavy atom. The summed E-state index contributed by atoms with van der Waals surface area (Å²) in [4.78, 5) is 27.8. The van der Waals surface area contributed by atoms with Crippen LogP contribution in [0.3, 0.4) is 0 Å². The summed E-state index contributed by atoms with van der Waals surface area (Å²) in [5, 5.41) is 12.5. The number of aliphatic carboxylic acids is 1. The van der Waals surface area contributed by atoms with Crippen molar-refractivity contribution in [3.05, 3.63) is 0 Å². The van der Waals surface area contributed by atoms with Gasteiger partial charge in [0.25, 0.3) is 0 Å². The first kappa shape index (κ1) is 16.1. The van der Waals surface area contributed by atoms with Gasteiger partial charge in [-0.1, -0.05) is 13.3 Å². The molecule has 0 aromatic rings. The standard InChI is InChI=1S/C15H27N3O3/c1-3-15(13(19)20)8-6-10-18(15)14(21)16-11-12-7-4-5-9-17(12)2/h12H,3-11H2,1-2H3,(H,16,21)(H,19,20). The van der Waals surface area contributed by atoms with E-state index in [0.717, 1.165) is 19.4 Å². The molecule has 2 heterocycles. The van der Waals surface area contributed by atoms with E-state index in [-0.39, 0.29) is 6.03 Å². The van der Waals surface area contributed by atoms with Crippen LogP contribution in [0.4, 0.5) is 4.79 Å². The fourth-order valence-electron chi connectivity index (χ4n) is 3.62. The van der Waals surface area contributed by atoms with Crippen molar-refractivity contribution in [3.8, 4) is 0 Å². The molecular weight excluding hydrogens is 270 g/mol. The number of amides is 2. The number of rotatable bonds is 4. The summed E-state index contributed by atoms with van der Waals surface area (Å²) < 4.78 is 0. The molecule has 2 amide bonds. The van der Waals surface area contributed by atoms with Gasteiger partial charge in [0, 0.05) is 19.1 Å². The largest absolute Gasteiger partial charge is 0.479 e. The molecule has 0 aromatic carbocycles. The summed E-state index contributed by atoms with van der Waals surface area (Å²) in [7, 11) is 2.08. The predicted octanol–water partition coefficient (Wildman–Crippen LogP) is 1.51. The monoisotopic (exact) mass is 297 g/mol. The summed E-state index contributed by atoms with van der Waals surface area (Å²) in [5.74, 6) is -0.882. The summed E-state index contributed by atoms with van der Waals surface area (Å²) >= 11 is 0. The third-order valence-electron chi connectivity index (χ3n) is 5.13. The van der Waals surface area contributed by atoms with Crippen molar-refractivity contribution in [2.45, 2.75) is 57.0 Å². The van der Waals surface area contributed by atoms with Crippen molar-refractivity contribution < 1.29 is 14.7 Å². The number of carboxylic acids is 1. The third kappa shape index (κ3) is 3.15. The topological polar surface area (TPSA) is 72.9 Å². The van der Waals surface area contributed by atoms with Crippen LogP contribution in [0.1, 0.15) is 45.4 Å². The Labute approximate surface area is 126 Å². The lowest BCUT2D eigenvalue weighted by atomic mass is 9.93. The second kappa shape index (κ2) is 6.64. The Morgan fingerprint density at radius 3 is 2.67 bits per heavy atom. The van der Waals surface area contributed by atoms with Gasteiger partial charge >= 0.3 is 12.0 Å². The maximum Gasteiger partial charge on any atom is 0.329 e. The third-order valence-corrected chi connectivity index (χ3v) is 5.13. The first-order valence-corrected chi connectivity index (χ1v) is 8.00. The number of carbonyl (C=O) groups excluding carboxylic acids is 1. The number of likely N-dealkylation sites (N-methyl/N-ethyl adjacent to an activating group) is 1. The van der Waals surface area contributed by atoms with Gasteiger partial charge in [-0.25, -0.2) is 9.59 Å². The van der Waals surface area contributed by atoms with E-state index in [1.807, 2.05) is 6.92 Å². The zero-order chi connectivity index (χ0) is 15.5. The Hall–Kier alpha value is -1.30. The summed E-state index contributed by atoms with van der Waals surface area (Å²) in [6.45, 7) is 4.05. The van der Waals surface area contributed by atoms with Crippen LogP contribution in [0, 0.1) is 0 Å². The molecule has 21 heavy (non-hydrogen) atoms. The van der Waals surface area contributed by atoms with Crippen LogP contribution in [0.2, 0.25) is 0 Å². The van der Waals surface area contributed by atoms with Crippen LogP contribution in [-0.4, -0.2) is 65.2 Å². The number of urea groups is 1. The van der Waals surface area contributed by atoms with Gasteiger partial charge in [0.05, 0.1) is 0 Å². The number of hydrogen-bond donors (Lipinski definition) is 2. The Kier molecular flexibility index (Phi) is 5.08. The SMILES string of the molecule is CCC1(C(=O)O)CCCN1C(=O)NCC1CCCCN1C. The minimum absolute atomic E-state index is 0.226.